The molecule has 40 heavy (non-hydrogen) atoms. The van der Waals surface area contributed by atoms with Crippen LogP contribution in [0.3, 0.4) is 0 Å². The minimum absolute atomic E-state index is 0.0947. The standard InChI is InChI=1S/C36H28N2O2/c1-38(2)34-20-18-26(27-15-9-10-16-29(27)34)21-32-30-22-31(35(39)23-33(30)37-36(32)40)28(25-13-7-4-8-14-25)19-17-24-11-5-3-6-12-24/h3-16,18,20-23,28,39H,1-2H3,(H,37,40)/b32-21-. The lowest BCUT2D eigenvalue weighted by atomic mass is 9.88. The Balaban J connectivity index is 1.49. The van der Waals surface area contributed by atoms with Gasteiger partial charge in [-0.3, -0.25) is 4.79 Å². The van der Waals surface area contributed by atoms with E-state index in [1.807, 2.05) is 99.0 Å². The van der Waals surface area contributed by atoms with Crippen LogP contribution in [0.2, 0.25) is 0 Å². The zero-order valence-corrected chi connectivity index (χ0v) is 22.3. The molecule has 0 aromatic heterocycles. The number of anilines is 2. The van der Waals surface area contributed by atoms with Gasteiger partial charge in [-0.1, -0.05) is 90.7 Å². The van der Waals surface area contributed by atoms with Crippen LogP contribution in [-0.2, 0) is 4.79 Å². The Bertz CT molecular complexity index is 1830. The predicted molar refractivity (Wildman–Crippen MR) is 164 cm³/mol. The number of amides is 1. The molecule has 1 amide bonds. The van der Waals surface area contributed by atoms with Crippen molar-refractivity contribution in [1.29, 1.82) is 0 Å². The number of fused-ring (bicyclic) bond motifs is 2. The number of benzene rings is 5. The molecule has 1 atom stereocenters. The Morgan fingerprint density at radius 1 is 0.825 bits per heavy atom. The molecule has 1 unspecified atom stereocenters. The number of rotatable bonds is 4. The zero-order chi connectivity index (χ0) is 27.6. The molecule has 5 aromatic rings. The van der Waals surface area contributed by atoms with Crippen molar-refractivity contribution in [3.05, 3.63) is 137 Å². The van der Waals surface area contributed by atoms with Gasteiger partial charge in [-0.05, 0) is 46.9 Å². The van der Waals surface area contributed by atoms with Crippen molar-refractivity contribution in [1.82, 2.24) is 0 Å². The van der Waals surface area contributed by atoms with Crippen molar-refractivity contribution in [3.63, 3.8) is 0 Å². The van der Waals surface area contributed by atoms with E-state index in [-0.39, 0.29) is 17.6 Å². The first-order valence-corrected chi connectivity index (χ1v) is 13.2. The summed E-state index contributed by atoms with van der Waals surface area (Å²) in [5.74, 6) is 6.16. The van der Waals surface area contributed by atoms with Gasteiger partial charge in [0.05, 0.1) is 11.6 Å². The van der Waals surface area contributed by atoms with Crippen molar-refractivity contribution >= 4 is 39.7 Å². The number of carbonyl (C=O) groups excluding carboxylic acids is 1. The summed E-state index contributed by atoms with van der Waals surface area (Å²) in [5, 5.41) is 16.3. The molecule has 1 aliphatic rings. The Morgan fingerprint density at radius 2 is 1.50 bits per heavy atom. The third-order valence-corrected chi connectivity index (χ3v) is 7.24. The molecule has 0 bridgehead atoms. The summed E-state index contributed by atoms with van der Waals surface area (Å²) < 4.78 is 0. The average molecular weight is 521 g/mol. The molecule has 194 valence electrons. The monoisotopic (exact) mass is 520 g/mol. The Kier molecular flexibility index (Phi) is 6.56. The fourth-order valence-corrected chi connectivity index (χ4v) is 5.26. The largest absolute Gasteiger partial charge is 0.508 e. The first kappa shape index (κ1) is 25.0. The number of aromatic hydroxyl groups is 1. The van der Waals surface area contributed by atoms with E-state index in [1.54, 1.807) is 6.07 Å². The molecule has 0 fully saturated rings. The number of carbonyl (C=O) groups is 1. The number of nitrogens with one attached hydrogen (secondary N) is 1. The maximum Gasteiger partial charge on any atom is 0.256 e. The van der Waals surface area contributed by atoms with E-state index in [0.29, 0.717) is 16.8 Å². The van der Waals surface area contributed by atoms with Crippen LogP contribution in [0.25, 0.3) is 22.4 Å². The number of hydrogen-bond acceptors (Lipinski definition) is 3. The Hall–Kier alpha value is -5.27. The number of phenols is 1. The second-order valence-electron chi connectivity index (χ2n) is 10.1. The highest BCUT2D eigenvalue weighted by Crippen LogP contribution is 2.42. The smallest absolute Gasteiger partial charge is 0.256 e. The van der Waals surface area contributed by atoms with Crippen molar-refractivity contribution in [3.8, 4) is 17.6 Å². The van der Waals surface area contributed by atoms with Crippen molar-refractivity contribution in [2.24, 2.45) is 0 Å². The van der Waals surface area contributed by atoms with Crippen LogP contribution >= 0.6 is 0 Å². The third kappa shape index (κ3) is 4.70. The highest BCUT2D eigenvalue weighted by Gasteiger charge is 2.28. The van der Waals surface area contributed by atoms with E-state index >= 15 is 0 Å². The topological polar surface area (TPSA) is 52.6 Å². The van der Waals surface area contributed by atoms with E-state index in [1.165, 1.54) is 0 Å². The van der Waals surface area contributed by atoms with Gasteiger partial charge in [0.15, 0.2) is 0 Å². The van der Waals surface area contributed by atoms with Crippen LogP contribution in [-0.4, -0.2) is 25.1 Å². The van der Waals surface area contributed by atoms with E-state index in [4.69, 9.17) is 0 Å². The number of nitrogens with zero attached hydrogens (tertiary/aromatic N) is 1. The summed E-state index contributed by atoms with van der Waals surface area (Å²) in [6, 6.07) is 35.6. The summed E-state index contributed by atoms with van der Waals surface area (Å²) in [7, 11) is 4.05. The van der Waals surface area contributed by atoms with Crippen molar-refractivity contribution < 1.29 is 9.90 Å². The highest BCUT2D eigenvalue weighted by atomic mass is 16.3. The van der Waals surface area contributed by atoms with Gasteiger partial charge in [0.2, 0.25) is 0 Å². The minimum Gasteiger partial charge on any atom is -0.508 e. The SMILES string of the molecule is CN(C)c1ccc(/C=C2\C(=O)Nc3cc(O)c(C(C#Cc4ccccc4)c4ccccc4)cc32)c2ccccc12. The first-order valence-electron chi connectivity index (χ1n) is 13.2. The van der Waals surface area contributed by atoms with Gasteiger partial charge >= 0.3 is 0 Å². The molecular formula is C36H28N2O2. The molecule has 4 nitrogen and oxygen atoms in total. The van der Waals surface area contributed by atoms with Gasteiger partial charge in [0.25, 0.3) is 5.91 Å². The average Bonchev–Trinajstić information content (AvgIpc) is 3.27. The third-order valence-electron chi connectivity index (χ3n) is 7.24. The van der Waals surface area contributed by atoms with E-state index in [0.717, 1.165) is 38.7 Å². The summed E-state index contributed by atoms with van der Waals surface area (Å²) in [5.41, 5.74) is 6.49. The molecule has 0 saturated heterocycles. The van der Waals surface area contributed by atoms with Crippen molar-refractivity contribution in [2.75, 3.05) is 24.3 Å². The molecule has 0 radical (unpaired) electrons. The summed E-state index contributed by atoms with van der Waals surface area (Å²) in [6.07, 6.45) is 1.94. The van der Waals surface area contributed by atoms with Gasteiger partial charge in [-0.25, -0.2) is 0 Å². The molecule has 1 heterocycles. The molecule has 0 spiro atoms. The second-order valence-corrected chi connectivity index (χ2v) is 10.1. The molecule has 2 N–H and O–H groups in total. The quantitative estimate of drug-likeness (QED) is 0.193. The number of hydrogen-bond donors (Lipinski definition) is 2. The molecule has 6 rings (SSSR count). The Labute approximate surface area is 234 Å². The molecule has 0 aliphatic carbocycles. The Morgan fingerprint density at radius 3 is 2.23 bits per heavy atom. The van der Waals surface area contributed by atoms with Crippen LogP contribution in [0, 0.1) is 11.8 Å². The molecule has 4 heteroatoms. The van der Waals surface area contributed by atoms with Gasteiger partial charge in [-0.15, -0.1) is 0 Å². The second kappa shape index (κ2) is 10.5. The minimum atomic E-state index is -0.385. The summed E-state index contributed by atoms with van der Waals surface area (Å²) in [4.78, 5) is 15.3. The predicted octanol–water partition coefficient (Wildman–Crippen LogP) is 7.29. The fourth-order valence-electron chi connectivity index (χ4n) is 5.26. The van der Waals surface area contributed by atoms with Crippen LogP contribution in [0.15, 0.2) is 109 Å². The van der Waals surface area contributed by atoms with E-state index in [2.05, 4.69) is 46.3 Å². The lowest BCUT2D eigenvalue weighted by Crippen LogP contribution is -2.09. The number of phenolic OH excluding ortho intramolecular Hbond substituents is 1. The maximum absolute atomic E-state index is 13.2. The molecular weight excluding hydrogens is 492 g/mol. The molecule has 5 aromatic carbocycles. The van der Waals surface area contributed by atoms with Crippen molar-refractivity contribution in [2.45, 2.75) is 5.92 Å². The normalized spacial score (nSPS) is 13.8. The highest BCUT2D eigenvalue weighted by molar-refractivity contribution is 6.35. The summed E-state index contributed by atoms with van der Waals surface area (Å²) in [6.45, 7) is 0. The van der Waals surface area contributed by atoms with Crippen LogP contribution in [0.5, 0.6) is 5.75 Å². The van der Waals surface area contributed by atoms with Gasteiger partial charge in [0, 0.05) is 53.5 Å². The lowest BCUT2D eigenvalue weighted by molar-refractivity contribution is -0.110. The van der Waals surface area contributed by atoms with E-state index < -0.39 is 0 Å². The first-order chi connectivity index (χ1) is 19.5. The van der Waals surface area contributed by atoms with Crippen LogP contribution in [0.1, 0.15) is 33.7 Å². The lowest BCUT2D eigenvalue weighted by Gasteiger charge is -2.17. The fraction of sp³-hybridized carbons (Fsp3) is 0.0833. The van der Waals surface area contributed by atoms with Gasteiger partial charge < -0.3 is 15.3 Å². The van der Waals surface area contributed by atoms with Gasteiger partial charge in [-0.2, -0.15) is 0 Å². The molecule has 1 aliphatic heterocycles. The van der Waals surface area contributed by atoms with Gasteiger partial charge in [0.1, 0.15) is 5.75 Å². The molecule has 0 saturated carbocycles. The van der Waals surface area contributed by atoms with Crippen LogP contribution < -0.4 is 10.2 Å². The maximum atomic E-state index is 13.2. The van der Waals surface area contributed by atoms with Crippen LogP contribution in [0.4, 0.5) is 11.4 Å². The zero-order valence-electron chi connectivity index (χ0n) is 22.3. The van der Waals surface area contributed by atoms with E-state index in [9.17, 15) is 9.90 Å². The summed E-state index contributed by atoms with van der Waals surface area (Å²) >= 11 is 0.